The van der Waals surface area contributed by atoms with E-state index in [1.54, 1.807) is 54.9 Å². The van der Waals surface area contributed by atoms with E-state index in [0.29, 0.717) is 34.9 Å². The van der Waals surface area contributed by atoms with Gasteiger partial charge < -0.3 is 25.0 Å². The molecule has 1 aromatic heterocycles. The second-order valence-corrected chi connectivity index (χ2v) is 10.4. The monoisotopic (exact) mass is 656 g/mol. The second kappa shape index (κ2) is 16.3. The lowest BCUT2D eigenvalue weighted by Crippen LogP contribution is -2.45. The Morgan fingerprint density at radius 2 is 1.62 bits per heavy atom. The molecule has 1 amide bonds. The first-order chi connectivity index (χ1) is 22.2. The molecule has 0 aliphatic carbocycles. The molecule has 11 nitrogen and oxygen atoms in total. The maximum Gasteiger partial charge on any atom is 0.490 e. The summed E-state index contributed by atoms with van der Waals surface area (Å²) in [5, 5.41) is 22.8. The quantitative estimate of drug-likeness (QED) is 0.108. The number of hydrogen-bond donors (Lipinski definition) is 4. The molecule has 0 spiro atoms. The molecular weight excluding hydrogens is 621 g/mol. The number of pyridine rings is 1. The molecule has 4 aromatic rings. The van der Waals surface area contributed by atoms with Crippen LogP contribution in [-0.4, -0.2) is 51.9 Å². The average molecular weight is 657 g/mol. The largest absolute Gasteiger partial charge is 0.490 e. The lowest BCUT2D eigenvalue weighted by Gasteiger charge is -2.31. The lowest BCUT2D eigenvalue weighted by molar-refractivity contribution is -0.192. The van der Waals surface area contributed by atoms with Gasteiger partial charge >= 0.3 is 18.1 Å². The molecule has 0 radical (unpaired) electrons. The number of carboxylic acid groups (broad SMARTS) is 2. The number of aliphatic carboxylic acids is 2. The van der Waals surface area contributed by atoms with Crippen LogP contribution in [0, 0.1) is 0 Å². The van der Waals surface area contributed by atoms with Crippen LogP contribution >= 0.6 is 0 Å². The van der Waals surface area contributed by atoms with Gasteiger partial charge in [-0.25, -0.2) is 10.6 Å². The number of halogens is 3. The van der Waals surface area contributed by atoms with Crippen molar-refractivity contribution in [3.05, 3.63) is 96.3 Å². The molecule has 4 rings (SSSR count). The summed E-state index contributed by atoms with van der Waals surface area (Å²) in [5.74, 6) is 3.46. The third-order valence-corrected chi connectivity index (χ3v) is 6.53. The minimum absolute atomic E-state index is 0.0788. The zero-order valence-electron chi connectivity index (χ0n) is 25.8. The van der Waals surface area contributed by atoms with Gasteiger partial charge in [0, 0.05) is 17.8 Å². The van der Waals surface area contributed by atoms with E-state index >= 15 is 0 Å². The molecule has 14 heteroatoms. The van der Waals surface area contributed by atoms with Gasteiger partial charge in [-0.15, -0.1) is 0 Å². The molecule has 0 fully saturated rings. The van der Waals surface area contributed by atoms with Crippen LogP contribution in [0.15, 0.2) is 85.2 Å². The van der Waals surface area contributed by atoms with Gasteiger partial charge in [-0.05, 0) is 67.6 Å². The lowest BCUT2D eigenvalue weighted by atomic mass is 10.00. The van der Waals surface area contributed by atoms with Crippen LogP contribution in [0.25, 0.3) is 10.8 Å². The molecule has 0 aliphatic heterocycles. The van der Waals surface area contributed by atoms with Crippen LogP contribution in [0.1, 0.15) is 50.4 Å². The number of carbonyl (C=O) groups is 3. The number of benzene rings is 3. The topological polar surface area (TPSA) is 164 Å². The van der Waals surface area contributed by atoms with Crippen LogP contribution in [0.3, 0.4) is 0 Å². The number of nitrogens with zero attached hydrogens (tertiary/aromatic N) is 2. The molecule has 5 N–H and O–H groups in total. The van der Waals surface area contributed by atoms with Gasteiger partial charge in [0.1, 0.15) is 6.04 Å². The van der Waals surface area contributed by atoms with Crippen LogP contribution in [0.5, 0.6) is 11.5 Å². The maximum atomic E-state index is 14.0. The smallest absolute Gasteiger partial charge is 0.490 e. The Balaban J connectivity index is 0.000000771. The zero-order valence-corrected chi connectivity index (χ0v) is 25.8. The number of hydrazine groups is 1. The average Bonchev–Trinajstić information content (AvgIpc) is 3.01. The molecular formula is C33H35F3N4O7. The van der Waals surface area contributed by atoms with Crippen molar-refractivity contribution in [3.8, 4) is 11.5 Å². The SMILES string of the molecule is CCOc1cc(C(C(=O)NC(CC(=O)O)c2ccccc2)N(N)c2ccc3cnccc3c2)ccc1OC(C)C.O=C(O)C(F)(F)F. The standard InChI is InChI=1S/C31H34N4O5.C2HF3O2/c1-4-39-28-17-23(11-13-27(28)40-20(2)3)30(35(32)25-12-10-24-19-33-15-14-22(24)16-25)31(38)34-26(18-29(36)37)21-8-6-5-7-9-21;3-2(4,5)1(6)7/h5-17,19-20,26,30H,4,18,32H2,1-3H3,(H,34,38)(H,36,37);(H,6,7). The van der Waals surface area contributed by atoms with Gasteiger partial charge in [0.25, 0.3) is 0 Å². The summed E-state index contributed by atoms with van der Waals surface area (Å²) in [7, 11) is 0. The number of hydrogen-bond acceptors (Lipinski definition) is 8. The fraction of sp³-hybridized carbons (Fsp3) is 0.273. The fourth-order valence-corrected chi connectivity index (χ4v) is 4.50. The van der Waals surface area contributed by atoms with E-state index in [1.807, 2.05) is 51.1 Å². The van der Waals surface area contributed by atoms with Crippen LogP contribution in [0.2, 0.25) is 0 Å². The Morgan fingerprint density at radius 3 is 2.21 bits per heavy atom. The highest BCUT2D eigenvalue weighted by molar-refractivity contribution is 5.90. The van der Waals surface area contributed by atoms with E-state index in [2.05, 4.69) is 10.3 Å². The highest BCUT2D eigenvalue weighted by Gasteiger charge is 2.38. The normalized spacial score (nSPS) is 12.3. The maximum absolute atomic E-state index is 14.0. The number of alkyl halides is 3. The number of carboxylic acids is 2. The molecule has 2 unspecified atom stereocenters. The van der Waals surface area contributed by atoms with E-state index in [9.17, 15) is 27.9 Å². The summed E-state index contributed by atoms with van der Waals surface area (Å²) in [6, 6.07) is 19.9. The third-order valence-electron chi connectivity index (χ3n) is 6.53. The second-order valence-electron chi connectivity index (χ2n) is 10.4. The summed E-state index contributed by atoms with van der Waals surface area (Å²) < 4.78 is 43.5. The van der Waals surface area contributed by atoms with Crippen molar-refractivity contribution in [2.24, 2.45) is 5.84 Å². The highest BCUT2D eigenvalue weighted by atomic mass is 19.4. The zero-order chi connectivity index (χ0) is 34.7. The van der Waals surface area contributed by atoms with E-state index in [1.165, 1.54) is 5.01 Å². The minimum atomic E-state index is -5.08. The van der Waals surface area contributed by atoms with Crippen LogP contribution < -0.4 is 25.6 Å². The number of nitrogens with one attached hydrogen (secondary N) is 1. The Kier molecular flexibility index (Phi) is 12.5. The number of aromatic nitrogens is 1. The van der Waals surface area contributed by atoms with E-state index in [4.69, 9.17) is 25.2 Å². The fourth-order valence-electron chi connectivity index (χ4n) is 4.50. The number of nitrogens with two attached hydrogens (primary N) is 1. The van der Waals surface area contributed by atoms with Gasteiger partial charge in [-0.3, -0.25) is 19.6 Å². The summed E-state index contributed by atoms with van der Waals surface area (Å²) in [5.41, 5.74) is 1.82. The molecule has 0 aliphatic rings. The molecule has 250 valence electrons. The van der Waals surface area contributed by atoms with Crippen molar-refractivity contribution in [2.45, 2.75) is 51.6 Å². The summed E-state index contributed by atoms with van der Waals surface area (Å²) in [4.78, 5) is 38.8. The van der Waals surface area contributed by atoms with E-state index in [-0.39, 0.29) is 12.5 Å². The molecule has 0 bridgehead atoms. The predicted molar refractivity (Wildman–Crippen MR) is 168 cm³/mol. The Labute approximate surface area is 268 Å². The Bertz CT molecular complexity index is 1670. The van der Waals surface area contributed by atoms with Crippen molar-refractivity contribution in [3.63, 3.8) is 0 Å². The molecule has 0 saturated heterocycles. The van der Waals surface area contributed by atoms with Crippen molar-refractivity contribution in [1.29, 1.82) is 0 Å². The summed E-state index contributed by atoms with van der Waals surface area (Å²) in [6.07, 6.45) is -2.01. The number of ether oxygens (including phenoxy) is 2. The number of amides is 1. The van der Waals surface area contributed by atoms with Crippen molar-refractivity contribution in [2.75, 3.05) is 11.6 Å². The van der Waals surface area contributed by atoms with Gasteiger partial charge in [-0.2, -0.15) is 13.2 Å². The molecule has 47 heavy (non-hydrogen) atoms. The first-order valence-electron chi connectivity index (χ1n) is 14.4. The number of anilines is 1. The molecule has 2 atom stereocenters. The van der Waals surface area contributed by atoms with Crippen molar-refractivity contribution in [1.82, 2.24) is 10.3 Å². The van der Waals surface area contributed by atoms with Gasteiger partial charge in [0.05, 0.1) is 30.9 Å². The van der Waals surface area contributed by atoms with Crippen LogP contribution in [-0.2, 0) is 14.4 Å². The van der Waals surface area contributed by atoms with E-state index < -0.39 is 36.1 Å². The number of fused-ring (bicyclic) bond motifs is 1. The Hall–Kier alpha value is -5.37. The van der Waals surface area contributed by atoms with Gasteiger partial charge in [0.15, 0.2) is 11.5 Å². The highest BCUT2D eigenvalue weighted by Crippen LogP contribution is 2.35. The summed E-state index contributed by atoms with van der Waals surface area (Å²) >= 11 is 0. The molecule has 1 heterocycles. The number of carbonyl (C=O) groups excluding carboxylic acids is 1. The molecule has 0 saturated carbocycles. The first kappa shape index (κ1) is 36.1. The first-order valence-corrected chi connectivity index (χ1v) is 14.4. The predicted octanol–water partition coefficient (Wildman–Crippen LogP) is 5.81. The van der Waals surface area contributed by atoms with E-state index in [0.717, 1.165) is 10.8 Å². The Morgan fingerprint density at radius 1 is 0.936 bits per heavy atom. The van der Waals surface area contributed by atoms with Gasteiger partial charge in [0.2, 0.25) is 5.91 Å². The minimum Gasteiger partial charge on any atom is -0.490 e. The molecule has 3 aromatic carbocycles. The van der Waals surface area contributed by atoms with Crippen LogP contribution in [0.4, 0.5) is 18.9 Å². The number of rotatable bonds is 12. The summed E-state index contributed by atoms with van der Waals surface area (Å²) in [6.45, 7) is 6.10. The van der Waals surface area contributed by atoms with Gasteiger partial charge in [-0.1, -0.05) is 42.5 Å². The van der Waals surface area contributed by atoms with Crippen molar-refractivity contribution < 1.29 is 47.2 Å². The third kappa shape index (κ3) is 10.3. The van der Waals surface area contributed by atoms with Crippen molar-refractivity contribution >= 4 is 34.3 Å².